The van der Waals surface area contributed by atoms with Gasteiger partial charge in [-0.15, -0.1) is 0 Å². The first-order valence-corrected chi connectivity index (χ1v) is 3.52. The van der Waals surface area contributed by atoms with Crippen molar-refractivity contribution in [3.8, 4) is 0 Å². The topological polar surface area (TPSA) is 0 Å². The second-order valence-corrected chi connectivity index (χ2v) is 2.07. The molecule has 8 heavy (non-hydrogen) atoms. The zero-order valence-corrected chi connectivity index (χ0v) is 5.82. The molecule has 1 saturated carbocycles. The molecule has 0 aromatic rings. The zero-order chi connectivity index (χ0) is 6.24. The monoisotopic (exact) mass is 112 g/mol. The Bertz CT molecular complexity index is 24.3. The van der Waals surface area contributed by atoms with Crippen LogP contribution in [0.1, 0.15) is 39.0 Å². The third-order valence-electron chi connectivity index (χ3n) is 0.892. The van der Waals surface area contributed by atoms with Gasteiger partial charge in [-0.3, -0.25) is 0 Å². The van der Waals surface area contributed by atoms with Gasteiger partial charge in [0.2, 0.25) is 0 Å². The summed E-state index contributed by atoms with van der Waals surface area (Å²) in [7, 11) is 0. The summed E-state index contributed by atoms with van der Waals surface area (Å²) in [6, 6.07) is 0. The van der Waals surface area contributed by atoms with Crippen molar-refractivity contribution in [2.75, 3.05) is 0 Å². The van der Waals surface area contributed by atoms with Crippen molar-refractivity contribution in [2.24, 2.45) is 0 Å². The van der Waals surface area contributed by atoms with E-state index in [2.05, 4.69) is 20.3 Å². The molecule has 1 aliphatic rings. The summed E-state index contributed by atoms with van der Waals surface area (Å²) in [5.41, 5.74) is 0. The molecule has 0 spiro atoms. The lowest BCUT2D eigenvalue weighted by Gasteiger charge is -1.79. The molecule has 2 radical (unpaired) electrons. The predicted molar refractivity (Wildman–Crippen MR) is 38.4 cm³/mol. The molecule has 0 amide bonds. The third kappa shape index (κ3) is 16.7. The van der Waals surface area contributed by atoms with Gasteiger partial charge in [-0.2, -0.15) is 0 Å². The average Bonchev–Trinajstić information content (AvgIpc) is 2.50. The van der Waals surface area contributed by atoms with Crippen molar-refractivity contribution in [3.63, 3.8) is 0 Å². The van der Waals surface area contributed by atoms with Crippen LogP contribution in [-0.4, -0.2) is 0 Å². The Labute approximate surface area is 53.3 Å². The van der Waals surface area contributed by atoms with Crippen molar-refractivity contribution in [1.29, 1.82) is 0 Å². The summed E-state index contributed by atoms with van der Waals surface area (Å²) >= 11 is 0. The molecule has 1 fully saturated rings. The van der Waals surface area contributed by atoms with Crippen molar-refractivity contribution >= 4 is 0 Å². The largest absolute Gasteiger partial charge is 0.0654 e. The lowest BCUT2D eigenvalue weighted by atomic mass is 10.3. The molecule has 0 unspecified atom stereocenters. The van der Waals surface area contributed by atoms with E-state index in [1.807, 2.05) is 0 Å². The molecule has 0 atom stereocenters. The average molecular weight is 112 g/mol. The molecule has 1 rings (SSSR count). The van der Waals surface area contributed by atoms with Gasteiger partial charge in [0.25, 0.3) is 0 Å². The molecule has 0 aliphatic heterocycles. The minimum atomic E-state index is 1.09. The number of unbranched alkanes of at least 4 members (excludes halogenated alkanes) is 2. The van der Waals surface area contributed by atoms with E-state index in [0.717, 1.165) is 6.42 Å². The highest BCUT2D eigenvalue weighted by atomic mass is 14.0. The first-order valence-electron chi connectivity index (χ1n) is 3.52. The van der Waals surface area contributed by atoms with Crippen molar-refractivity contribution in [3.05, 3.63) is 13.3 Å². The molecule has 0 nitrogen and oxygen atoms in total. The summed E-state index contributed by atoms with van der Waals surface area (Å²) < 4.78 is 0. The van der Waals surface area contributed by atoms with Gasteiger partial charge < -0.3 is 0 Å². The number of hydrogen-bond donors (Lipinski definition) is 0. The van der Waals surface area contributed by atoms with Crippen molar-refractivity contribution in [2.45, 2.75) is 39.0 Å². The SMILES string of the molecule is [CH2]CCCC.[CH]1CC1. The summed E-state index contributed by atoms with van der Waals surface area (Å²) in [5, 5.41) is 0. The maximum Gasteiger partial charge on any atom is -0.0386 e. The van der Waals surface area contributed by atoms with Gasteiger partial charge in [-0.25, -0.2) is 0 Å². The lowest BCUT2D eigenvalue weighted by Crippen LogP contribution is -1.59. The molecule has 0 heteroatoms. The highest BCUT2D eigenvalue weighted by Crippen LogP contribution is 2.12. The van der Waals surface area contributed by atoms with Gasteiger partial charge in [-0.05, 0) is 19.3 Å². The maximum atomic E-state index is 3.68. The molecule has 0 heterocycles. The number of rotatable bonds is 2. The zero-order valence-electron chi connectivity index (χ0n) is 5.82. The predicted octanol–water partition coefficient (Wildman–Crippen LogP) is 3.00. The van der Waals surface area contributed by atoms with E-state index in [-0.39, 0.29) is 0 Å². The summed E-state index contributed by atoms with van der Waals surface area (Å²) in [6.07, 6.45) is 8.65. The molecule has 0 saturated heterocycles. The Morgan fingerprint density at radius 1 is 1.50 bits per heavy atom. The van der Waals surface area contributed by atoms with Crippen LogP contribution in [0.25, 0.3) is 0 Å². The van der Waals surface area contributed by atoms with Gasteiger partial charge in [-0.1, -0.05) is 33.1 Å². The van der Waals surface area contributed by atoms with E-state index < -0.39 is 0 Å². The molecule has 1 aliphatic carbocycles. The van der Waals surface area contributed by atoms with Crippen LogP contribution in [0, 0.1) is 13.3 Å². The highest BCUT2D eigenvalue weighted by molar-refractivity contribution is 4.79. The highest BCUT2D eigenvalue weighted by Gasteiger charge is 1.95. The molecule has 0 aromatic heterocycles. The Kier molecular flexibility index (Phi) is 7.00. The first-order chi connectivity index (χ1) is 3.91. The second kappa shape index (κ2) is 7.00. The van der Waals surface area contributed by atoms with Crippen LogP contribution in [0.4, 0.5) is 0 Å². The fraction of sp³-hybridized carbons (Fsp3) is 0.750. The van der Waals surface area contributed by atoms with Gasteiger partial charge in [0.15, 0.2) is 0 Å². The normalized spacial score (nSPS) is 14.2. The first kappa shape index (κ1) is 8.00. The summed E-state index contributed by atoms with van der Waals surface area (Å²) in [4.78, 5) is 0. The second-order valence-electron chi connectivity index (χ2n) is 2.07. The minimum Gasteiger partial charge on any atom is -0.0654 e. The Balaban J connectivity index is 0.000000135. The Morgan fingerprint density at radius 3 is 2.00 bits per heavy atom. The lowest BCUT2D eigenvalue weighted by molar-refractivity contribution is 0.813. The van der Waals surface area contributed by atoms with Crippen LogP contribution in [0.15, 0.2) is 0 Å². The van der Waals surface area contributed by atoms with E-state index in [4.69, 9.17) is 0 Å². The maximum absolute atomic E-state index is 3.68. The quantitative estimate of drug-likeness (QED) is 0.515. The fourth-order valence-corrected chi connectivity index (χ4v) is 0.250. The van der Waals surface area contributed by atoms with Crippen molar-refractivity contribution < 1.29 is 0 Å². The summed E-state index contributed by atoms with van der Waals surface area (Å²) in [6.45, 7) is 5.85. The van der Waals surface area contributed by atoms with E-state index in [1.165, 1.54) is 25.7 Å². The van der Waals surface area contributed by atoms with Gasteiger partial charge in [0.1, 0.15) is 0 Å². The minimum absolute atomic E-state index is 1.09. The van der Waals surface area contributed by atoms with Crippen LogP contribution in [0.3, 0.4) is 0 Å². The van der Waals surface area contributed by atoms with E-state index in [9.17, 15) is 0 Å². The smallest absolute Gasteiger partial charge is 0.0386 e. The van der Waals surface area contributed by atoms with Crippen LogP contribution >= 0.6 is 0 Å². The van der Waals surface area contributed by atoms with E-state index in [1.54, 1.807) is 0 Å². The molecule has 0 aromatic carbocycles. The molecule has 0 bridgehead atoms. The van der Waals surface area contributed by atoms with Crippen LogP contribution in [-0.2, 0) is 0 Å². The summed E-state index contributed by atoms with van der Waals surface area (Å²) in [5.74, 6) is 0. The van der Waals surface area contributed by atoms with Crippen LogP contribution in [0.5, 0.6) is 0 Å². The van der Waals surface area contributed by atoms with Gasteiger partial charge in [0.05, 0.1) is 0 Å². The van der Waals surface area contributed by atoms with Crippen molar-refractivity contribution in [1.82, 2.24) is 0 Å². The Morgan fingerprint density at radius 2 is 2.00 bits per heavy atom. The Hall–Kier alpha value is 0. The van der Waals surface area contributed by atoms with E-state index in [0.29, 0.717) is 0 Å². The molecular formula is C8H16. The van der Waals surface area contributed by atoms with E-state index >= 15 is 0 Å². The molecule has 48 valence electrons. The molecule has 0 N–H and O–H groups in total. The van der Waals surface area contributed by atoms with Gasteiger partial charge >= 0.3 is 0 Å². The standard InChI is InChI=1S/C5H11.C3H5/c1-3-5-4-2;1-2-3-1/h1,3-5H2,2H3;1H,2-3H2. The van der Waals surface area contributed by atoms with Gasteiger partial charge in [0, 0.05) is 0 Å². The third-order valence-corrected chi connectivity index (χ3v) is 0.892. The fourth-order valence-electron chi connectivity index (χ4n) is 0.250. The van der Waals surface area contributed by atoms with Crippen LogP contribution < -0.4 is 0 Å². The van der Waals surface area contributed by atoms with Crippen LogP contribution in [0.2, 0.25) is 0 Å². The number of hydrogen-bond acceptors (Lipinski definition) is 0. The molecular weight excluding hydrogens is 96.1 g/mol.